The minimum atomic E-state index is -4.40. The largest absolute Gasteiger partial charge is 0.465 e. The highest BCUT2D eigenvalue weighted by Crippen LogP contribution is 2.28. The van der Waals surface area contributed by atoms with Crippen molar-refractivity contribution in [1.82, 2.24) is 9.97 Å². The summed E-state index contributed by atoms with van der Waals surface area (Å²) in [7, 11) is 0. The molecule has 1 unspecified atom stereocenters. The maximum atomic E-state index is 14.2. The maximum absolute atomic E-state index is 14.2. The number of aromatic nitrogens is 2. The SMILES string of the molecule is CC.NC1=NC(c2cc(/C=C(\F)c3cnc(Cl)cn3)ccc2F)CCO1.OCC(F)(F)F. The van der Waals surface area contributed by atoms with Gasteiger partial charge in [-0.3, -0.25) is 0 Å². The molecule has 176 valence electrons. The Morgan fingerprint density at radius 2 is 1.94 bits per heavy atom. The predicted molar refractivity (Wildman–Crippen MR) is 112 cm³/mol. The fourth-order valence-corrected chi connectivity index (χ4v) is 2.42. The average molecular weight is 481 g/mol. The van der Waals surface area contributed by atoms with E-state index in [1.165, 1.54) is 36.7 Å². The summed E-state index contributed by atoms with van der Waals surface area (Å²) in [6.07, 6.45) is -0.189. The maximum Gasteiger partial charge on any atom is 0.411 e. The van der Waals surface area contributed by atoms with Gasteiger partial charge in [-0.15, -0.1) is 0 Å². The highest BCUT2D eigenvalue weighted by Gasteiger charge is 2.24. The molecule has 2 aromatic rings. The number of hydrogen-bond donors (Lipinski definition) is 2. The number of halogens is 6. The van der Waals surface area contributed by atoms with Gasteiger partial charge >= 0.3 is 6.18 Å². The summed E-state index contributed by atoms with van der Waals surface area (Å²) in [4.78, 5) is 11.7. The number of aliphatic hydroxyl groups excluding tert-OH is 1. The third kappa shape index (κ3) is 9.15. The van der Waals surface area contributed by atoms with Crippen molar-refractivity contribution < 1.29 is 31.8 Å². The van der Waals surface area contributed by atoms with Crippen LogP contribution >= 0.6 is 11.6 Å². The van der Waals surface area contributed by atoms with Gasteiger partial charge in [0.25, 0.3) is 6.02 Å². The molecule has 32 heavy (non-hydrogen) atoms. The summed E-state index contributed by atoms with van der Waals surface area (Å²) in [5.41, 5.74) is 6.38. The first kappa shape index (κ1) is 27.2. The molecular formula is C20H22ClF5N4O2. The molecule has 0 aliphatic carbocycles. The summed E-state index contributed by atoms with van der Waals surface area (Å²) in [6.45, 7) is 2.63. The molecular weight excluding hydrogens is 459 g/mol. The van der Waals surface area contributed by atoms with E-state index < -0.39 is 30.5 Å². The summed E-state index contributed by atoms with van der Waals surface area (Å²) in [6, 6.07) is 3.84. The van der Waals surface area contributed by atoms with Crippen LogP contribution in [-0.2, 0) is 4.74 Å². The Bertz CT molecular complexity index is 921. The number of alkyl halides is 3. The number of benzene rings is 1. The van der Waals surface area contributed by atoms with Gasteiger partial charge in [0, 0.05) is 12.0 Å². The number of ether oxygens (including phenoxy) is 1. The fourth-order valence-electron chi connectivity index (χ4n) is 2.32. The molecule has 0 saturated carbocycles. The van der Waals surface area contributed by atoms with Gasteiger partial charge < -0.3 is 15.6 Å². The lowest BCUT2D eigenvalue weighted by Gasteiger charge is -2.20. The molecule has 0 radical (unpaired) electrons. The van der Waals surface area contributed by atoms with Crippen molar-refractivity contribution in [3.63, 3.8) is 0 Å². The molecule has 3 rings (SSSR count). The second-order valence-electron chi connectivity index (χ2n) is 5.89. The first-order chi connectivity index (χ1) is 15.1. The topological polar surface area (TPSA) is 93.6 Å². The van der Waals surface area contributed by atoms with Gasteiger partial charge in [-0.05, 0) is 23.8 Å². The molecule has 1 aromatic heterocycles. The van der Waals surface area contributed by atoms with Crippen molar-refractivity contribution in [3.8, 4) is 0 Å². The molecule has 12 heteroatoms. The minimum absolute atomic E-state index is 0.0224. The summed E-state index contributed by atoms with van der Waals surface area (Å²) in [5, 5.41) is 7.45. The van der Waals surface area contributed by atoms with Crippen molar-refractivity contribution in [3.05, 3.63) is 58.4 Å². The zero-order valence-electron chi connectivity index (χ0n) is 17.2. The van der Waals surface area contributed by atoms with E-state index in [0.29, 0.717) is 24.2 Å². The quantitative estimate of drug-likeness (QED) is 0.597. The minimum Gasteiger partial charge on any atom is -0.465 e. The molecule has 1 aromatic carbocycles. The molecule has 1 atom stereocenters. The first-order valence-electron chi connectivity index (χ1n) is 9.37. The van der Waals surface area contributed by atoms with Gasteiger partial charge in [0.05, 0.1) is 25.0 Å². The van der Waals surface area contributed by atoms with E-state index in [4.69, 9.17) is 27.2 Å². The molecule has 0 amide bonds. The smallest absolute Gasteiger partial charge is 0.411 e. The third-order valence-electron chi connectivity index (χ3n) is 3.64. The van der Waals surface area contributed by atoms with Gasteiger partial charge in [0.15, 0.2) is 5.83 Å². The van der Waals surface area contributed by atoms with Crippen LogP contribution < -0.4 is 5.73 Å². The van der Waals surface area contributed by atoms with Gasteiger partial charge in [-0.1, -0.05) is 31.5 Å². The molecule has 0 fully saturated rings. The summed E-state index contributed by atoms with van der Waals surface area (Å²) >= 11 is 5.62. The van der Waals surface area contributed by atoms with Crippen molar-refractivity contribution in [1.29, 1.82) is 0 Å². The Morgan fingerprint density at radius 3 is 2.47 bits per heavy atom. The van der Waals surface area contributed by atoms with Crippen LogP contribution in [0.25, 0.3) is 11.9 Å². The highest BCUT2D eigenvalue weighted by atomic mass is 35.5. The van der Waals surface area contributed by atoms with Crippen LogP contribution in [0.1, 0.15) is 43.1 Å². The Hall–Kier alpha value is -2.79. The number of hydrogen-bond acceptors (Lipinski definition) is 6. The summed E-state index contributed by atoms with van der Waals surface area (Å²) < 4.78 is 65.0. The molecule has 0 saturated heterocycles. The van der Waals surface area contributed by atoms with Crippen molar-refractivity contribution in [2.75, 3.05) is 13.2 Å². The molecule has 1 aliphatic heterocycles. The van der Waals surface area contributed by atoms with Crippen LogP contribution in [-0.4, -0.2) is 40.5 Å². The van der Waals surface area contributed by atoms with E-state index in [9.17, 15) is 22.0 Å². The third-order valence-corrected chi connectivity index (χ3v) is 3.84. The van der Waals surface area contributed by atoms with Crippen LogP contribution in [0.2, 0.25) is 5.15 Å². The first-order valence-corrected chi connectivity index (χ1v) is 9.75. The molecule has 3 N–H and O–H groups in total. The van der Waals surface area contributed by atoms with Gasteiger partial charge in [-0.2, -0.15) is 13.2 Å². The van der Waals surface area contributed by atoms with Crippen LogP contribution in [0.4, 0.5) is 22.0 Å². The normalized spacial score (nSPS) is 16.0. The van der Waals surface area contributed by atoms with Crippen LogP contribution in [0.3, 0.4) is 0 Å². The van der Waals surface area contributed by atoms with E-state index in [1.807, 2.05) is 13.8 Å². The Labute approximate surface area is 186 Å². The number of aliphatic hydroxyl groups is 1. The van der Waals surface area contributed by atoms with Gasteiger partial charge in [0.2, 0.25) is 0 Å². The lowest BCUT2D eigenvalue weighted by Crippen LogP contribution is -2.24. The standard InChI is InChI=1S/C16H13ClF2N4O.C2H3F3O.C2H6/c17-15-8-21-14(7-22-15)12(19)6-9-1-2-11(18)10(5-9)13-3-4-24-16(20)23-13;3-2(4,5)1-6;1-2/h1-2,5-8,13H,3-4H2,(H2,20,23);6H,1H2;1-2H3/b12-6-;;. The predicted octanol–water partition coefficient (Wildman–Crippen LogP) is 5.08. The molecule has 1 aliphatic rings. The van der Waals surface area contributed by atoms with E-state index >= 15 is 0 Å². The zero-order chi connectivity index (χ0) is 24.3. The van der Waals surface area contributed by atoms with Gasteiger partial charge in [0.1, 0.15) is 23.3 Å². The Balaban J connectivity index is 0.000000556. The lowest BCUT2D eigenvalue weighted by molar-refractivity contribution is -0.159. The van der Waals surface area contributed by atoms with Crippen LogP contribution in [0, 0.1) is 5.82 Å². The number of rotatable bonds is 3. The zero-order valence-corrected chi connectivity index (χ0v) is 18.0. The Kier molecular flexibility index (Phi) is 11.0. The van der Waals surface area contributed by atoms with Crippen molar-refractivity contribution >= 4 is 29.5 Å². The van der Waals surface area contributed by atoms with Crippen LogP contribution in [0.15, 0.2) is 35.6 Å². The highest BCUT2D eigenvalue weighted by molar-refractivity contribution is 6.29. The average Bonchev–Trinajstić information content (AvgIpc) is 2.77. The number of nitrogens with zero attached hydrogens (tertiary/aromatic N) is 3. The van der Waals surface area contributed by atoms with E-state index in [1.54, 1.807) is 0 Å². The second kappa shape index (κ2) is 12.9. The van der Waals surface area contributed by atoms with Crippen molar-refractivity contribution in [2.24, 2.45) is 10.7 Å². The molecule has 0 bridgehead atoms. The van der Waals surface area contributed by atoms with E-state index in [0.717, 1.165) is 0 Å². The molecule has 0 spiro atoms. The number of amidine groups is 1. The molecule has 6 nitrogen and oxygen atoms in total. The van der Waals surface area contributed by atoms with E-state index in [-0.39, 0.29) is 16.9 Å². The fraction of sp³-hybridized carbons (Fsp3) is 0.350. The van der Waals surface area contributed by atoms with Crippen molar-refractivity contribution in [2.45, 2.75) is 32.5 Å². The lowest BCUT2D eigenvalue weighted by atomic mass is 10.0. The summed E-state index contributed by atoms with van der Waals surface area (Å²) in [5.74, 6) is -1.03. The second-order valence-corrected chi connectivity index (χ2v) is 6.28. The van der Waals surface area contributed by atoms with Gasteiger partial charge in [-0.25, -0.2) is 23.7 Å². The number of aliphatic imine (C=N–C) groups is 1. The Morgan fingerprint density at radius 1 is 1.28 bits per heavy atom. The van der Waals surface area contributed by atoms with Crippen LogP contribution in [0.5, 0.6) is 0 Å². The van der Waals surface area contributed by atoms with E-state index in [2.05, 4.69) is 15.0 Å². The number of nitrogens with two attached hydrogens (primary N) is 1. The molecule has 2 heterocycles. The monoisotopic (exact) mass is 480 g/mol.